The number of aromatic nitrogens is 3. The Labute approximate surface area is 167 Å². The third-order valence-corrected chi connectivity index (χ3v) is 4.60. The summed E-state index contributed by atoms with van der Waals surface area (Å²) in [6, 6.07) is 17.7. The van der Waals surface area contributed by atoms with Crippen LogP contribution in [0.25, 0.3) is 22.5 Å². The van der Waals surface area contributed by atoms with Crippen LogP contribution < -0.4 is 5.32 Å². The van der Waals surface area contributed by atoms with E-state index < -0.39 is 0 Å². The van der Waals surface area contributed by atoms with Gasteiger partial charge in [-0.3, -0.25) is 4.79 Å². The Kier molecular flexibility index (Phi) is 5.16. The van der Waals surface area contributed by atoms with Crippen molar-refractivity contribution in [2.24, 2.45) is 7.05 Å². The largest absolute Gasteiger partial charge is 0.347 e. The van der Waals surface area contributed by atoms with Gasteiger partial charge in [0.25, 0.3) is 5.91 Å². The minimum absolute atomic E-state index is 0.153. The first-order valence-corrected chi connectivity index (χ1v) is 9.17. The Balaban J connectivity index is 1.50. The molecule has 2 aromatic carbocycles. The number of hydrogen-bond acceptors (Lipinski definition) is 3. The second kappa shape index (κ2) is 8.06. The van der Waals surface area contributed by atoms with Gasteiger partial charge in [0.15, 0.2) is 5.82 Å². The smallest absolute Gasteiger partial charge is 0.268 e. The lowest BCUT2D eigenvalue weighted by Crippen LogP contribution is -2.24. The van der Waals surface area contributed by atoms with E-state index in [-0.39, 0.29) is 11.7 Å². The van der Waals surface area contributed by atoms with Gasteiger partial charge in [-0.1, -0.05) is 42.5 Å². The second-order valence-electron chi connectivity index (χ2n) is 6.70. The number of carbonyl (C=O) groups is 1. The van der Waals surface area contributed by atoms with E-state index in [0.29, 0.717) is 23.6 Å². The number of rotatable bonds is 5. The molecule has 0 aliphatic carbocycles. The predicted molar refractivity (Wildman–Crippen MR) is 109 cm³/mol. The Morgan fingerprint density at radius 3 is 2.45 bits per heavy atom. The van der Waals surface area contributed by atoms with Gasteiger partial charge in [0.05, 0.1) is 0 Å². The van der Waals surface area contributed by atoms with Crippen LogP contribution in [0.5, 0.6) is 0 Å². The zero-order chi connectivity index (χ0) is 20.2. The van der Waals surface area contributed by atoms with E-state index in [1.54, 1.807) is 35.2 Å². The van der Waals surface area contributed by atoms with E-state index in [1.807, 2.05) is 43.6 Å². The summed E-state index contributed by atoms with van der Waals surface area (Å²) in [5.41, 5.74) is 3.82. The third-order valence-electron chi connectivity index (χ3n) is 4.60. The zero-order valence-corrected chi connectivity index (χ0v) is 15.8. The summed E-state index contributed by atoms with van der Waals surface area (Å²) < 4.78 is 15.2. The maximum absolute atomic E-state index is 13.4. The first kappa shape index (κ1) is 18.6. The van der Waals surface area contributed by atoms with Crippen molar-refractivity contribution < 1.29 is 9.18 Å². The van der Waals surface area contributed by atoms with E-state index in [1.165, 1.54) is 12.1 Å². The topological polar surface area (TPSA) is 59.8 Å². The predicted octanol–water partition coefficient (Wildman–Crippen LogP) is 4.22. The van der Waals surface area contributed by atoms with Crippen molar-refractivity contribution in [2.75, 3.05) is 0 Å². The molecule has 0 saturated heterocycles. The molecule has 0 aliphatic heterocycles. The summed E-state index contributed by atoms with van der Waals surface area (Å²) in [6.07, 6.45) is 5.21. The summed E-state index contributed by atoms with van der Waals surface area (Å²) >= 11 is 0. The maximum Gasteiger partial charge on any atom is 0.268 e. The van der Waals surface area contributed by atoms with Crippen molar-refractivity contribution in [1.82, 2.24) is 19.9 Å². The average molecular weight is 386 g/mol. The number of nitrogens with one attached hydrogen (secondary N) is 1. The zero-order valence-electron chi connectivity index (χ0n) is 15.8. The molecule has 5 nitrogen and oxygen atoms in total. The van der Waals surface area contributed by atoms with Crippen molar-refractivity contribution in [1.29, 1.82) is 0 Å². The molecule has 0 radical (unpaired) electrons. The standard InChI is InChI=1S/C23H19FN4O/c1-28-15-18(11-21(28)23(29)27-12-16-6-3-2-4-7-16)19-13-25-22(26-14-19)17-8-5-9-20(24)10-17/h2-11,13-15H,12H2,1H3,(H,27,29). The summed E-state index contributed by atoms with van der Waals surface area (Å²) in [5, 5.41) is 2.93. The summed E-state index contributed by atoms with van der Waals surface area (Å²) in [5.74, 6) is -0.0331. The second-order valence-corrected chi connectivity index (χ2v) is 6.70. The van der Waals surface area contributed by atoms with Crippen LogP contribution >= 0.6 is 0 Å². The van der Waals surface area contributed by atoms with Crippen molar-refractivity contribution in [2.45, 2.75) is 6.54 Å². The molecule has 1 amide bonds. The van der Waals surface area contributed by atoms with Gasteiger partial charge in [0.1, 0.15) is 11.5 Å². The minimum atomic E-state index is -0.329. The van der Waals surface area contributed by atoms with Gasteiger partial charge in [0, 0.05) is 48.9 Å². The first-order chi connectivity index (χ1) is 14.1. The lowest BCUT2D eigenvalue weighted by Gasteiger charge is -2.05. The summed E-state index contributed by atoms with van der Waals surface area (Å²) in [6.45, 7) is 0.464. The van der Waals surface area contributed by atoms with Crippen molar-refractivity contribution in [3.8, 4) is 22.5 Å². The van der Waals surface area contributed by atoms with Crippen molar-refractivity contribution in [3.05, 3.63) is 96.3 Å². The highest BCUT2D eigenvalue weighted by molar-refractivity contribution is 5.94. The van der Waals surface area contributed by atoms with Crippen LogP contribution in [0.1, 0.15) is 16.1 Å². The Bertz CT molecular complexity index is 1140. The highest BCUT2D eigenvalue weighted by Crippen LogP contribution is 2.23. The molecular formula is C23H19FN4O. The Hall–Kier alpha value is -3.80. The molecule has 144 valence electrons. The van der Waals surface area contributed by atoms with Crippen LogP contribution in [0.4, 0.5) is 4.39 Å². The fourth-order valence-corrected chi connectivity index (χ4v) is 3.07. The molecule has 0 unspecified atom stereocenters. The molecule has 29 heavy (non-hydrogen) atoms. The molecule has 4 aromatic rings. The van der Waals surface area contributed by atoms with E-state index >= 15 is 0 Å². The molecule has 1 N–H and O–H groups in total. The van der Waals surface area contributed by atoms with Gasteiger partial charge in [-0.15, -0.1) is 0 Å². The van der Waals surface area contributed by atoms with Crippen LogP contribution in [-0.4, -0.2) is 20.4 Å². The molecule has 0 bridgehead atoms. The highest BCUT2D eigenvalue weighted by atomic mass is 19.1. The van der Waals surface area contributed by atoms with Gasteiger partial charge in [-0.05, 0) is 23.8 Å². The SMILES string of the molecule is Cn1cc(-c2cnc(-c3cccc(F)c3)nc2)cc1C(=O)NCc1ccccc1. The number of carbonyl (C=O) groups excluding carboxylic acids is 1. The van der Waals surface area contributed by atoms with Gasteiger partial charge in [-0.25, -0.2) is 14.4 Å². The van der Waals surface area contributed by atoms with Gasteiger partial charge < -0.3 is 9.88 Å². The lowest BCUT2D eigenvalue weighted by molar-refractivity contribution is 0.0943. The van der Waals surface area contributed by atoms with E-state index in [9.17, 15) is 9.18 Å². The van der Waals surface area contributed by atoms with E-state index in [0.717, 1.165) is 16.7 Å². The molecule has 4 rings (SSSR count). The fraction of sp³-hybridized carbons (Fsp3) is 0.0870. The maximum atomic E-state index is 13.4. The molecular weight excluding hydrogens is 367 g/mol. The number of amides is 1. The number of halogens is 1. The Morgan fingerprint density at radius 1 is 0.966 bits per heavy atom. The minimum Gasteiger partial charge on any atom is -0.347 e. The van der Waals surface area contributed by atoms with E-state index in [4.69, 9.17) is 0 Å². The van der Waals surface area contributed by atoms with Crippen LogP contribution in [0.2, 0.25) is 0 Å². The molecule has 0 aliphatic rings. The van der Waals surface area contributed by atoms with Gasteiger partial charge >= 0.3 is 0 Å². The average Bonchev–Trinajstić information content (AvgIpc) is 3.14. The number of hydrogen-bond donors (Lipinski definition) is 1. The summed E-state index contributed by atoms with van der Waals surface area (Å²) in [4.78, 5) is 21.2. The molecule has 6 heteroatoms. The molecule has 2 aromatic heterocycles. The van der Waals surface area contributed by atoms with Gasteiger partial charge in [0.2, 0.25) is 0 Å². The Morgan fingerprint density at radius 2 is 1.72 bits per heavy atom. The first-order valence-electron chi connectivity index (χ1n) is 9.17. The highest BCUT2D eigenvalue weighted by Gasteiger charge is 2.13. The molecule has 0 saturated carbocycles. The van der Waals surface area contributed by atoms with Crippen LogP contribution in [0, 0.1) is 5.82 Å². The monoisotopic (exact) mass is 386 g/mol. The van der Waals surface area contributed by atoms with Crippen LogP contribution in [0.15, 0.2) is 79.3 Å². The molecule has 0 fully saturated rings. The normalized spacial score (nSPS) is 10.7. The lowest BCUT2D eigenvalue weighted by atomic mass is 10.1. The fourth-order valence-electron chi connectivity index (χ4n) is 3.07. The summed E-state index contributed by atoms with van der Waals surface area (Å²) in [7, 11) is 1.82. The van der Waals surface area contributed by atoms with Crippen LogP contribution in [0.3, 0.4) is 0 Å². The third kappa shape index (κ3) is 4.21. The quantitative estimate of drug-likeness (QED) is 0.559. The molecule has 0 atom stereocenters. The number of nitrogens with zero attached hydrogens (tertiary/aromatic N) is 3. The van der Waals surface area contributed by atoms with Crippen molar-refractivity contribution >= 4 is 5.91 Å². The molecule has 2 heterocycles. The number of aryl methyl sites for hydroxylation is 1. The number of benzene rings is 2. The van der Waals surface area contributed by atoms with Crippen LogP contribution in [-0.2, 0) is 13.6 Å². The van der Waals surface area contributed by atoms with Crippen molar-refractivity contribution in [3.63, 3.8) is 0 Å². The van der Waals surface area contributed by atoms with Gasteiger partial charge in [-0.2, -0.15) is 0 Å². The molecule has 0 spiro atoms. The van der Waals surface area contributed by atoms with E-state index in [2.05, 4.69) is 15.3 Å².